The monoisotopic (exact) mass is 297 g/mol. The quantitative estimate of drug-likeness (QED) is 0.557. The Hall–Kier alpha value is -0.0316. The van der Waals surface area contributed by atoms with E-state index in [1.165, 1.54) is 31.2 Å². The summed E-state index contributed by atoms with van der Waals surface area (Å²) in [4.78, 5) is 10.6. The van der Waals surface area contributed by atoms with Crippen LogP contribution in [0.25, 0.3) is 0 Å². The number of ether oxygens (including phenoxy) is 1. The van der Waals surface area contributed by atoms with Crippen molar-refractivity contribution in [1.82, 2.24) is 0 Å². The van der Waals surface area contributed by atoms with Crippen LogP contribution in [0.15, 0.2) is 24.3 Å². The Bertz CT molecular complexity index is 397. The molecule has 1 rings (SSSR count). The van der Waals surface area contributed by atoms with Crippen LogP contribution >= 0.6 is 0 Å². The minimum atomic E-state index is -4.80. The molecule has 0 amide bonds. The zero-order valence-corrected chi connectivity index (χ0v) is 13.0. The van der Waals surface area contributed by atoms with E-state index in [0.29, 0.717) is 5.75 Å². The Morgan fingerprint density at radius 2 is 1.81 bits per heavy atom. The van der Waals surface area contributed by atoms with Crippen LogP contribution in [0, 0.1) is 0 Å². The van der Waals surface area contributed by atoms with Crippen molar-refractivity contribution in [2.45, 2.75) is 6.92 Å². The van der Waals surface area contributed by atoms with Gasteiger partial charge in [0.25, 0.3) is 0 Å². The maximum atomic E-state index is 10.9. The average Bonchev–Trinajstić information content (AvgIpc) is 2.14. The fourth-order valence-corrected chi connectivity index (χ4v) is 2.05. The van der Waals surface area contributed by atoms with Gasteiger partial charge in [-0.05, 0) is 0 Å². The van der Waals surface area contributed by atoms with Crippen molar-refractivity contribution >= 4 is 24.3 Å². The summed E-state index contributed by atoms with van der Waals surface area (Å²) in [7, 11) is 0. The fraction of sp³-hybridized carbons (Fsp3) is 0.222. The standard InChI is InChI=1S/C9H11AsO5.Na/c1-7(11)6-15-9-4-2-8(3-5-9)10(12,13)14;/h2-5H,6H2,1H3,(H2,12,13,14);/q;+1. The maximum Gasteiger partial charge on any atom is 1.00 e. The van der Waals surface area contributed by atoms with Crippen LogP contribution in [0.4, 0.5) is 0 Å². The Morgan fingerprint density at radius 3 is 2.19 bits per heavy atom. The Labute approximate surface area is 118 Å². The van der Waals surface area contributed by atoms with Crippen LogP contribution in [0.5, 0.6) is 5.75 Å². The molecule has 1 aromatic carbocycles. The van der Waals surface area contributed by atoms with Gasteiger partial charge in [-0.2, -0.15) is 0 Å². The first-order chi connectivity index (χ1) is 6.89. The molecule has 0 atom stereocenters. The summed E-state index contributed by atoms with van der Waals surface area (Å²) >= 11 is -4.80. The summed E-state index contributed by atoms with van der Waals surface area (Å²) in [6.07, 6.45) is 0. The molecule has 0 aromatic heterocycles. The SMILES string of the molecule is CC(=O)COc1ccc([As](=O)(O)O)cc1.[Na+]. The van der Waals surface area contributed by atoms with E-state index in [4.69, 9.17) is 12.9 Å². The van der Waals surface area contributed by atoms with Crippen molar-refractivity contribution < 1.29 is 51.0 Å². The molecule has 7 heteroatoms. The molecule has 1 aromatic rings. The van der Waals surface area contributed by atoms with Crippen molar-refractivity contribution in [3.05, 3.63) is 24.3 Å². The van der Waals surface area contributed by atoms with E-state index in [0.717, 1.165) is 0 Å². The number of ketones is 1. The van der Waals surface area contributed by atoms with Crippen LogP contribution in [0.1, 0.15) is 6.92 Å². The summed E-state index contributed by atoms with van der Waals surface area (Å²) in [5, 5.41) is 0. The zero-order valence-electron chi connectivity index (χ0n) is 9.08. The number of benzene rings is 1. The molecule has 0 fully saturated rings. The Morgan fingerprint density at radius 1 is 1.31 bits per heavy atom. The number of Topliss-reactive ketones (excluding diaryl/α,β-unsaturated/α-hetero) is 1. The molecule has 0 saturated heterocycles. The van der Waals surface area contributed by atoms with E-state index in [9.17, 15) is 8.53 Å². The first kappa shape index (κ1) is 16.0. The van der Waals surface area contributed by atoms with Gasteiger partial charge in [0.1, 0.15) is 0 Å². The van der Waals surface area contributed by atoms with Gasteiger partial charge in [-0.3, -0.25) is 0 Å². The van der Waals surface area contributed by atoms with E-state index in [-0.39, 0.29) is 46.3 Å². The molecule has 0 saturated carbocycles. The second-order valence-electron chi connectivity index (χ2n) is 3.03. The minimum absolute atomic E-state index is 0. The van der Waals surface area contributed by atoms with Gasteiger partial charge < -0.3 is 0 Å². The summed E-state index contributed by atoms with van der Waals surface area (Å²) in [6, 6.07) is 5.46. The molecule has 5 nitrogen and oxygen atoms in total. The summed E-state index contributed by atoms with van der Waals surface area (Å²) in [5.41, 5.74) is 0. The molecule has 0 bridgehead atoms. The van der Waals surface area contributed by atoms with Gasteiger partial charge in [0.15, 0.2) is 0 Å². The predicted octanol–water partition coefficient (Wildman–Crippen LogP) is -3.78. The maximum absolute atomic E-state index is 10.9. The second kappa shape index (κ2) is 6.64. The van der Waals surface area contributed by atoms with Crippen molar-refractivity contribution in [3.63, 3.8) is 0 Å². The van der Waals surface area contributed by atoms with Gasteiger partial charge in [-0.25, -0.2) is 0 Å². The Kier molecular flexibility index (Phi) is 6.63. The number of carbonyl (C=O) groups is 1. The van der Waals surface area contributed by atoms with Crippen molar-refractivity contribution in [1.29, 1.82) is 0 Å². The molecule has 2 N–H and O–H groups in total. The van der Waals surface area contributed by atoms with Crippen LogP contribution in [-0.4, -0.2) is 34.8 Å². The van der Waals surface area contributed by atoms with Crippen LogP contribution in [0.2, 0.25) is 0 Å². The molecule has 0 aliphatic carbocycles. The number of rotatable bonds is 4. The van der Waals surface area contributed by atoms with E-state index < -0.39 is 14.2 Å². The second-order valence-corrected chi connectivity index (χ2v) is 6.39. The normalized spacial score (nSPS) is 10.4. The van der Waals surface area contributed by atoms with Gasteiger partial charge >= 0.3 is 119 Å². The molecular formula is C9H11AsNaO5+. The van der Waals surface area contributed by atoms with E-state index in [1.807, 2.05) is 0 Å². The largest absolute Gasteiger partial charge is 1.00 e. The number of carbonyl (C=O) groups excluding carboxylic acids is 1. The van der Waals surface area contributed by atoms with Gasteiger partial charge in [0.2, 0.25) is 0 Å². The van der Waals surface area contributed by atoms with E-state index >= 15 is 0 Å². The smallest absolute Gasteiger partial charge is 1.00 e. The van der Waals surface area contributed by atoms with Crippen molar-refractivity contribution in [2.75, 3.05) is 6.61 Å². The van der Waals surface area contributed by atoms with E-state index in [1.54, 1.807) is 0 Å². The number of hydrogen-bond acceptors (Lipinski definition) is 3. The van der Waals surface area contributed by atoms with Crippen molar-refractivity contribution in [3.8, 4) is 5.75 Å². The van der Waals surface area contributed by atoms with Gasteiger partial charge in [-0.1, -0.05) is 0 Å². The van der Waals surface area contributed by atoms with Gasteiger partial charge in [0.05, 0.1) is 0 Å². The average molecular weight is 297 g/mol. The fourth-order valence-electron chi connectivity index (χ4n) is 0.922. The number of hydrogen-bond donors (Lipinski definition) is 2. The molecule has 82 valence electrons. The molecule has 0 aliphatic rings. The van der Waals surface area contributed by atoms with Crippen LogP contribution in [0.3, 0.4) is 0 Å². The van der Waals surface area contributed by atoms with Gasteiger partial charge in [-0.15, -0.1) is 0 Å². The summed E-state index contributed by atoms with van der Waals surface area (Å²) in [6.45, 7) is 1.35. The molecule has 0 spiro atoms. The third-order valence-electron chi connectivity index (χ3n) is 1.62. The molecule has 0 unspecified atom stereocenters. The molecule has 0 radical (unpaired) electrons. The molecular weight excluding hydrogens is 286 g/mol. The molecule has 0 aliphatic heterocycles. The van der Waals surface area contributed by atoms with Crippen LogP contribution in [-0.2, 0) is 8.53 Å². The molecule has 16 heavy (non-hydrogen) atoms. The Balaban J connectivity index is 0.00000225. The first-order valence-electron chi connectivity index (χ1n) is 4.18. The third kappa shape index (κ3) is 5.34. The minimum Gasteiger partial charge on any atom is 1.00 e. The predicted molar refractivity (Wildman–Crippen MR) is 53.1 cm³/mol. The topological polar surface area (TPSA) is 83.8 Å². The zero-order chi connectivity index (χ0) is 11.5. The van der Waals surface area contributed by atoms with Gasteiger partial charge in [0, 0.05) is 0 Å². The van der Waals surface area contributed by atoms with Crippen LogP contribution < -0.4 is 38.6 Å². The summed E-state index contributed by atoms with van der Waals surface area (Å²) in [5.74, 6) is 0.302. The van der Waals surface area contributed by atoms with Crippen molar-refractivity contribution in [2.24, 2.45) is 0 Å². The molecule has 0 heterocycles. The first-order valence-corrected chi connectivity index (χ1v) is 7.56. The third-order valence-corrected chi connectivity index (χ3v) is 3.65. The van der Waals surface area contributed by atoms with E-state index in [2.05, 4.69) is 0 Å². The summed E-state index contributed by atoms with van der Waals surface area (Å²) < 4.78 is 33.6.